The molecule has 0 spiro atoms. The number of aryl methyl sites for hydroxylation is 1. The lowest BCUT2D eigenvalue weighted by Gasteiger charge is -2.08. The van der Waals surface area contributed by atoms with Crippen LogP contribution in [0.5, 0.6) is 0 Å². The highest BCUT2D eigenvalue weighted by Crippen LogP contribution is 2.14. The van der Waals surface area contributed by atoms with Crippen LogP contribution in [0.3, 0.4) is 0 Å². The summed E-state index contributed by atoms with van der Waals surface area (Å²) in [6.45, 7) is 4.15. The molecule has 1 heterocycles. The fourth-order valence-electron chi connectivity index (χ4n) is 1.92. The molecule has 0 unspecified atom stereocenters. The van der Waals surface area contributed by atoms with Gasteiger partial charge in [-0.05, 0) is 37.1 Å². The third-order valence-corrected chi connectivity index (χ3v) is 3.13. The molecule has 0 aliphatic carbocycles. The number of benzene rings is 1. The zero-order chi connectivity index (χ0) is 14.0. The Morgan fingerprint density at radius 1 is 1.47 bits per heavy atom. The second-order valence-electron chi connectivity index (χ2n) is 4.36. The summed E-state index contributed by atoms with van der Waals surface area (Å²) in [5.74, 6) is -0.972. The van der Waals surface area contributed by atoms with Crippen LogP contribution in [0.15, 0.2) is 24.4 Å². The van der Waals surface area contributed by atoms with Crippen LogP contribution in [0.4, 0.5) is 0 Å². The summed E-state index contributed by atoms with van der Waals surface area (Å²) in [6, 6.07) is 7.52. The number of hydrogen-bond acceptors (Lipinski definition) is 3. The molecule has 0 aliphatic rings. The maximum Gasteiger partial charge on any atom is 0.339 e. The lowest BCUT2D eigenvalue weighted by atomic mass is 10.1. The number of hydrogen-bond donors (Lipinski definition) is 1. The van der Waals surface area contributed by atoms with Gasteiger partial charge >= 0.3 is 5.97 Å². The molecule has 0 bridgehead atoms. The Balaban J connectivity index is 2.32. The van der Waals surface area contributed by atoms with Crippen LogP contribution in [0.2, 0.25) is 0 Å². The highest BCUT2D eigenvalue weighted by atomic mass is 16.4. The second kappa shape index (κ2) is 4.94. The summed E-state index contributed by atoms with van der Waals surface area (Å²) in [6.07, 6.45) is 1.36. The van der Waals surface area contributed by atoms with E-state index in [9.17, 15) is 4.79 Å². The van der Waals surface area contributed by atoms with Gasteiger partial charge in [-0.1, -0.05) is 6.07 Å². The molecule has 5 nitrogen and oxygen atoms in total. The Bertz CT molecular complexity index is 680. The van der Waals surface area contributed by atoms with Crippen LogP contribution >= 0.6 is 0 Å². The van der Waals surface area contributed by atoms with Crippen molar-refractivity contribution in [1.82, 2.24) is 9.78 Å². The molecule has 0 atom stereocenters. The monoisotopic (exact) mass is 255 g/mol. The molecule has 2 rings (SSSR count). The summed E-state index contributed by atoms with van der Waals surface area (Å²) < 4.78 is 1.65. The molecule has 96 valence electrons. The Hall–Kier alpha value is -2.61. The van der Waals surface area contributed by atoms with Gasteiger partial charge in [-0.2, -0.15) is 10.4 Å². The summed E-state index contributed by atoms with van der Waals surface area (Å²) >= 11 is 0. The van der Waals surface area contributed by atoms with Crippen LogP contribution < -0.4 is 0 Å². The van der Waals surface area contributed by atoms with Gasteiger partial charge in [0, 0.05) is 0 Å². The number of aromatic carboxylic acids is 1. The quantitative estimate of drug-likeness (QED) is 0.911. The Morgan fingerprint density at radius 3 is 2.74 bits per heavy atom. The van der Waals surface area contributed by atoms with Gasteiger partial charge in [0.25, 0.3) is 0 Å². The van der Waals surface area contributed by atoms with Gasteiger partial charge in [-0.15, -0.1) is 0 Å². The molecular weight excluding hydrogens is 242 g/mol. The Kier molecular flexibility index (Phi) is 3.34. The van der Waals surface area contributed by atoms with E-state index >= 15 is 0 Å². The van der Waals surface area contributed by atoms with E-state index in [-0.39, 0.29) is 5.56 Å². The normalized spacial score (nSPS) is 10.2. The fraction of sp³-hybridized carbons (Fsp3) is 0.214. The maximum absolute atomic E-state index is 10.9. The minimum Gasteiger partial charge on any atom is -0.478 e. The number of carboxylic acids is 1. The minimum atomic E-state index is -0.972. The van der Waals surface area contributed by atoms with Gasteiger partial charge in [0.05, 0.1) is 30.1 Å². The van der Waals surface area contributed by atoms with E-state index in [1.807, 2.05) is 19.1 Å². The summed E-state index contributed by atoms with van der Waals surface area (Å²) in [4.78, 5) is 10.9. The van der Waals surface area contributed by atoms with Gasteiger partial charge in [-0.3, -0.25) is 4.68 Å². The van der Waals surface area contributed by atoms with Gasteiger partial charge in [0.1, 0.15) is 5.56 Å². The molecular formula is C14H13N3O2. The molecule has 0 aliphatic heterocycles. The second-order valence-corrected chi connectivity index (χ2v) is 4.36. The minimum absolute atomic E-state index is 0.214. The molecule has 19 heavy (non-hydrogen) atoms. The van der Waals surface area contributed by atoms with E-state index in [1.54, 1.807) is 17.7 Å². The van der Waals surface area contributed by atoms with Gasteiger partial charge in [-0.25, -0.2) is 4.79 Å². The predicted octanol–water partition coefficient (Wildman–Crippen LogP) is 2.12. The van der Waals surface area contributed by atoms with Crippen molar-refractivity contribution in [1.29, 1.82) is 5.26 Å². The van der Waals surface area contributed by atoms with E-state index in [1.165, 1.54) is 6.20 Å². The van der Waals surface area contributed by atoms with Crippen LogP contribution in [-0.4, -0.2) is 20.9 Å². The topological polar surface area (TPSA) is 78.9 Å². The molecule has 0 radical (unpaired) electrons. The SMILES string of the molecule is Cc1cc(C#N)ccc1Cn1ncc(C(=O)O)c1C. The highest BCUT2D eigenvalue weighted by Gasteiger charge is 2.13. The van der Waals surface area contributed by atoms with Gasteiger partial charge in [0.15, 0.2) is 0 Å². The number of nitrogens with zero attached hydrogens (tertiary/aromatic N) is 3. The predicted molar refractivity (Wildman–Crippen MR) is 68.9 cm³/mol. The first-order chi connectivity index (χ1) is 9.02. The van der Waals surface area contributed by atoms with Crippen LogP contribution in [0, 0.1) is 25.2 Å². The van der Waals surface area contributed by atoms with Crippen LogP contribution in [0.1, 0.15) is 32.7 Å². The molecule has 0 fully saturated rings. The van der Waals surface area contributed by atoms with Crippen LogP contribution in [-0.2, 0) is 6.54 Å². The Morgan fingerprint density at radius 2 is 2.21 bits per heavy atom. The number of rotatable bonds is 3. The Labute approximate surface area is 110 Å². The van der Waals surface area contributed by atoms with Gasteiger partial charge in [0.2, 0.25) is 0 Å². The van der Waals surface area contributed by atoms with E-state index < -0.39 is 5.97 Å². The number of carboxylic acid groups (broad SMARTS) is 1. The first-order valence-corrected chi connectivity index (χ1v) is 5.78. The van der Waals surface area contributed by atoms with Crippen molar-refractivity contribution in [2.24, 2.45) is 0 Å². The third kappa shape index (κ3) is 2.47. The number of carbonyl (C=O) groups is 1. The van der Waals surface area contributed by atoms with E-state index in [4.69, 9.17) is 10.4 Å². The van der Waals surface area contributed by atoms with E-state index in [0.717, 1.165) is 11.1 Å². The molecule has 5 heteroatoms. The third-order valence-electron chi connectivity index (χ3n) is 3.13. The number of aromatic nitrogens is 2. The summed E-state index contributed by atoms with van der Waals surface area (Å²) in [5, 5.41) is 21.9. The van der Waals surface area contributed by atoms with Crippen molar-refractivity contribution in [3.63, 3.8) is 0 Å². The van der Waals surface area contributed by atoms with Crippen molar-refractivity contribution < 1.29 is 9.90 Å². The van der Waals surface area contributed by atoms with Gasteiger partial charge < -0.3 is 5.11 Å². The molecule has 0 saturated heterocycles. The lowest BCUT2D eigenvalue weighted by Crippen LogP contribution is -2.07. The van der Waals surface area contributed by atoms with Crippen molar-refractivity contribution in [2.75, 3.05) is 0 Å². The molecule has 1 aromatic carbocycles. The lowest BCUT2D eigenvalue weighted by molar-refractivity contribution is 0.0696. The highest BCUT2D eigenvalue weighted by molar-refractivity contribution is 5.88. The fourth-order valence-corrected chi connectivity index (χ4v) is 1.92. The first kappa shape index (κ1) is 12.8. The van der Waals surface area contributed by atoms with Crippen molar-refractivity contribution >= 4 is 5.97 Å². The smallest absolute Gasteiger partial charge is 0.339 e. The van der Waals surface area contributed by atoms with Crippen molar-refractivity contribution in [3.8, 4) is 6.07 Å². The molecule has 1 aromatic heterocycles. The molecule has 1 N–H and O–H groups in total. The first-order valence-electron chi connectivity index (χ1n) is 5.78. The average molecular weight is 255 g/mol. The standard InChI is InChI=1S/C14H13N3O2/c1-9-5-11(6-15)3-4-12(9)8-17-10(2)13(7-16-17)14(18)19/h3-5,7H,8H2,1-2H3,(H,18,19). The van der Waals surface area contributed by atoms with E-state index in [2.05, 4.69) is 11.2 Å². The molecule has 2 aromatic rings. The number of nitriles is 1. The zero-order valence-corrected chi connectivity index (χ0v) is 10.7. The maximum atomic E-state index is 10.9. The molecule has 0 amide bonds. The summed E-state index contributed by atoms with van der Waals surface area (Å²) in [7, 11) is 0. The van der Waals surface area contributed by atoms with E-state index in [0.29, 0.717) is 17.8 Å². The van der Waals surface area contributed by atoms with Crippen molar-refractivity contribution in [3.05, 3.63) is 52.3 Å². The molecule has 0 saturated carbocycles. The average Bonchev–Trinajstić information content (AvgIpc) is 2.73. The summed E-state index contributed by atoms with van der Waals surface area (Å²) in [5.41, 5.74) is 3.46. The van der Waals surface area contributed by atoms with Crippen molar-refractivity contribution in [2.45, 2.75) is 20.4 Å². The van der Waals surface area contributed by atoms with Crippen LogP contribution in [0.25, 0.3) is 0 Å². The largest absolute Gasteiger partial charge is 0.478 e. The zero-order valence-electron chi connectivity index (χ0n) is 10.7.